The summed E-state index contributed by atoms with van der Waals surface area (Å²) in [5.74, 6) is -2.78. The van der Waals surface area contributed by atoms with Crippen LogP contribution in [0.2, 0.25) is 0 Å². The van der Waals surface area contributed by atoms with Crippen molar-refractivity contribution >= 4 is 135 Å². The average Bonchev–Trinajstić information content (AvgIpc) is 0.804. The van der Waals surface area contributed by atoms with Gasteiger partial charge in [0.25, 0.3) is 22.2 Å². The minimum Gasteiger partial charge on any atom is -0.505 e. The average molecular weight is 1800 g/mol. The molecule has 0 fully saturated rings. The van der Waals surface area contributed by atoms with E-state index in [1.165, 1.54) is 85.1 Å². The quantitative estimate of drug-likeness (QED) is 0.0615. The summed E-state index contributed by atoms with van der Waals surface area (Å²) in [6, 6.07) is 74.8. The van der Waals surface area contributed by atoms with Crippen molar-refractivity contribution in [3.63, 3.8) is 0 Å². The maximum atomic E-state index is 14.1. The highest BCUT2D eigenvalue weighted by Gasteiger charge is 2.29. The van der Waals surface area contributed by atoms with E-state index < -0.39 is 85.2 Å². The topological polar surface area (TPSA) is 351 Å². The van der Waals surface area contributed by atoms with Gasteiger partial charge in [-0.05, 0) is 144 Å². The number of aromatic hydroxyl groups is 4. The van der Waals surface area contributed by atoms with Gasteiger partial charge in [-0.3, -0.25) is 37.4 Å². The van der Waals surface area contributed by atoms with Gasteiger partial charge in [-0.2, -0.15) is 0 Å². The summed E-state index contributed by atoms with van der Waals surface area (Å²) in [5, 5.41) is 45.3. The van der Waals surface area contributed by atoms with Crippen molar-refractivity contribution in [2.24, 2.45) is 0 Å². The van der Waals surface area contributed by atoms with Crippen molar-refractivity contribution in [1.82, 2.24) is 38.2 Å². The number of halogens is 3. The van der Waals surface area contributed by atoms with Crippen LogP contribution in [0.1, 0.15) is 22.3 Å². The number of rotatable bonds is 17. The highest BCUT2D eigenvalue weighted by atomic mass is 32.2. The Kier molecular flexibility index (Phi) is 24.6. The molecule has 0 amide bonds. The van der Waals surface area contributed by atoms with Crippen LogP contribution in [-0.2, 0) is 26.2 Å². The van der Waals surface area contributed by atoms with Crippen molar-refractivity contribution in [3.05, 3.63) is 415 Å². The number of hydrogen-bond acceptors (Lipinski definition) is 25. The maximum absolute atomic E-state index is 14.1. The first-order chi connectivity index (χ1) is 62.7. The van der Waals surface area contributed by atoms with Gasteiger partial charge in [0.15, 0.2) is 45.3 Å². The lowest BCUT2D eigenvalue weighted by atomic mass is 10.1. The molecule has 0 aliphatic carbocycles. The fourth-order valence-corrected chi connectivity index (χ4v) is 17.8. The number of pyridine rings is 8. The molecule has 0 unspecified atom stereocenters. The SMILES string of the molecule is COc1cccc(Sc2c(O)c3c(=O)n(Cc4ccccc4)c4ncccc4c3oc2=O)c1.O=c1oc2c(c(O)c1Sc1ccc(F)cc1)c(=O)n(Cc1ccccc1)c1ncccc21.O=c1oc2c(c(O)c1Sc1cccc(F)c1)c(=O)n(Cc1ccccc1)c1ncccc21.O=c1oc2c(c(O)c1Sc1ccccc1F)c(=O)n(Cc1ccccc1)c1ncccc21. The number of nitrogens with zero attached hydrogens (tertiary/aromatic N) is 8. The number of benzene rings is 8. The molecule has 12 heterocycles. The van der Waals surface area contributed by atoms with E-state index in [1.807, 2.05) is 121 Å². The van der Waals surface area contributed by atoms with Gasteiger partial charge in [0.1, 0.15) is 86.9 Å². The second-order valence-corrected chi connectivity index (χ2v) is 32.8. The normalized spacial score (nSPS) is 11.3. The second-order valence-electron chi connectivity index (χ2n) is 28.5. The molecule has 12 aromatic heterocycles. The van der Waals surface area contributed by atoms with Gasteiger partial charge in [-0.1, -0.05) is 193 Å². The van der Waals surface area contributed by atoms with Crippen LogP contribution >= 0.6 is 47.0 Å². The van der Waals surface area contributed by atoms with Gasteiger partial charge in [-0.25, -0.2) is 52.3 Å². The first-order valence-electron chi connectivity index (χ1n) is 39.1. The van der Waals surface area contributed by atoms with Crippen LogP contribution in [0.3, 0.4) is 0 Å². The van der Waals surface area contributed by atoms with Crippen LogP contribution in [0.4, 0.5) is 13.2 Å². The molecule has 25 nitrogen and oxygen atoms in total. The second kappa shape index (κ2) is 37.2. The lowest BCUT2D eigenvalue weighted by Crippen LogP contribution is -2.23. The third-order valence-corrected chi connectivity index (χ3v) is 24.6. The van der Waals surface area contributed by atoms with Crippen molar-refractivity contribution < 1.29 is 56.0 Å². The monoisotopic (exact) mass is 1800 g/mol. The largest absolute Gasteiger partial charge is 0.505 e. The molecule has 20 aromatic rings. The van der Waals surface area contributed by atoms with Crippen LogP contribution < -0.4 is 49.5 Å². The number of fused-ring (bicyclic) bond motifs is 12. The van der Waals surface area contributed by atoms with E-state index in [0.717, 1.165) is 57.5 Å². The van der Waals surface area contributed by atoms with Gasteiger partial charge in [-0.15, -0.1) is 0 Å². The molecule has 129 heavy (non-hydrogen) atoms. The zero-order chi connectivity index (χ0) is 89.7. The number of methoxy groups -OCH3 is 1. The van der Waals surface area contributed by atoms with Gasteiger partial charge in [0.2, 0.25) is 0 Å². The predicted molar refractivity (Wildman–Crippen MR) is 486 cm³/mol. The van der Waals surface area contributed by atoms with Crippen molar-refractivity contribution in [2.45, 2.75) is 65.3 Å². The molecule has 0 aliphatic rings. The van der Waals surface area contributed by atoms with Crippen LogP contribution in [0.15, 0.2) is 387 Å². The fourth-order valence-electron chi connectivity index (χ4n) is 14.4. The molecular weight excluding hydrogens is 1730 g/mol. The Balaban J connectivity index is 0.000000121. The van der Waals surface area contributed by atoms with Gasteiger partial charge < -0.3 is 42.8 Å². The Morgan fingerprint density at radius 2 is 0.612 bits per heavy atom. The van der Waals surface area contributed by atoms with E-state index in [1.54, 1.807) is 111 Å². The Labute approximate surface area is 740 Å². The number of ether oxygens (including phenoxy) is 1. The van der Waals surface area contributed by atoms with E-state index in [4.69, 9.17) is 22.4 Å². The van der Waals surface area contributed by atoms with Gasteiger partial charge in [0, 0.05) is 44.4 Å². The zero-order valence-electron chi connectivity index (χ0n) is 67.0. The minimum absolute atomic E-state index is 0.0184. The summed E-state index contributed by atoms with van der Waals surface area (Å²) >= 11 is 3.46. The first kappa shape index (κ1) is 85.4. The van der Waals surface area contributed by atoms with Crippen LogP contribution in [0.5, 0.6) is 28.7 Å². The Morgan fingerprint density at radius 1 is 0.310 bits per heavy atom. The third-order valence-electron chi connectivity index (χ3n) is 20.3. The fraction of sp³-hybridized carbons (Fsp3) is 0.0515. The van der Waals surface area contributed by atoms with Crippen LogP contribution in [0, 0.1) is 17.5 Å². The van der Waals surface area contributed by atoms with E-state index >= 15 is 0 Å². The van der Waals surface area contributed by atoms with Crippen molar-refractivity contribution in [3.8, 4) is 28.7 Å². The Morgan fingerprint density at radius 3 is 0.938 bits per heavy atom. The lowest BCUT2D eigenvalue weighted by molar-refractivity contribution is 0.413. The highest BCUT2D eigenvalue weighted by Crippen LogP contribution is 2.43. The summed E-state index contributed by atoms with van der Waals surface area (Å²) < 4.78 is 74.0. The number of hydrogen-bond donors (Lipinski definition) is 4. The molecule has 0 saturated carbocycles. The molecule has 0 saturated heterocycles. The van der Waals surface area contributed by atoms with Crippen molar-refractivity contribution in [2.75, 3.05) is 7.11 Å². The van der Waals surface area contributed by atoms with Crippen LogP contribution in [-0.4, -0.2) is 65.7 Å². The van der Waals surface area contributed by atoms with E-state index in [2.05, 4.69) is 19.9 Å². The molecule has 0 spiro atoms. The van der Waals surface area contributed by atoms with E-state index in [0.29, 0.717) is 76.3 Å². The third kappa shape index (κ3) is 17.5. The lowest BCUT2D eigenvalue weighted by Gasteiger charge is -2.13. The zero-order valence-corrected chi connectivity index (χ0v) is 70.2. The molecule has 32 heteroatoms. The predicted octanol–water partition coefficient (Wildman–Crippen LogP) is 18.1. The summed E-state index contributed by atoms with van der Waals surface area (Å²) in [4.78, 5) is 123. The summed E-state index contributed by atoms with van der Waals surface area (Å²) in [6.07, 6.45) is 6.20. The molecule has 0 atom stereocenters. The van der Waals surface area contributed by atoms with E-state index in [9.17, 15) is 72.0 Å². The summed E-state index contributed by atoms with van der Waals surface area (Å²) in [6.45, 7) is 0.897. The molecule has 8 aromatic carbocycles. The minimum atomic E-state index is -0.867. The van der Waals surface area contributed by atoms with E-state index in [-0.39, 0.29) is 94.5 Å². The first-order valence-corrected chi connectivity index (χ1v) is 42.4. The maximum Gasteiger partial charge on any atom is 0.354 e. The summed E-state index contributed by atoms with van der Waals surface area (Å²) in [7, 11) is 1.54. The highest BCUT2D eigenvalue weighted by molar-refractivity contribution is 8.00. The molecule has 0 aliphatic heterocycles. The molecule has 0 radical (unpaired) electrons. The molecular formula is C97H63F3N8O17S4. The molecule has 20 rings (SSSR count). The Hall–Kier alpha value is -15.8. The molecule has 4 N–H and O–H groups in total. The van der Waals surface area contributed by atoms with Gasteiger partial charge >= 0.3 is 22.5 Å². The van der Waals surface area contributed by atoms with Gasteiger partial charge in [0.05, 0.1) is 54.8 Å². The van der Waals surface area contributed by atoms with Crippen LogP contribution in [0.25, 0.3) is 88.0 Å². The standard InChI is InChI=1S/C25H18N2O5S.3C24H15FN2O4S/c1-31-16-9-5-10-17(13-16)33-22-20(28)19-21(32-25(22)30)18-11-6-12-26-23(18)27(24(19)29)14-15-7-3-2-4-8-15;25-15-8-4-9-16(12-15)32-21-19(28)18-20(31-24(21)30)17-10-5-11-26-22(17)27(23(18)29)13-14-6-2-1-3-7-14;25-16-10-4-5-11-17(16)32-21-19(28)18-20(31-24(21)30)15-9-6-12-26-22(15)27(23(18)29)13-14-7-2-1-3-8-14;25-15-8-10-16(11-9-15)32-21-19(28)18-20(31-24(21)30)17-7-4-12-26-22(17)27(23(18)29)13-14-5-2-1-3-6-14/h2-13,28H,14H2,1H3;3*1-12,28H,13H2. The van der Waals surface area contributed by atoms with Crippen molar-refractivity contribution in [1.29, 1.82) is 0 Å². The summed E-state index contributed by atoms with van der Waals surface area (Å²) in [5.41, 5.74) is -0.572. The Bertz CT molecular complexity index is 8320. The number of aromatic nitrogens is 8. The molecule has 0 bridgehead atoms. The molecule has 638 valence electrons. The smallest absolute Gasteiger partial charge is 0.354 e.